The molecule has 1 atom stereocenters. The van der Waals surface area contributed by atoms with E-state index in [2.05, 4.69) is 10.3 Å². The van der Waals surface area contributed by atoms with Crippen LogP contribution in [0.4, 0.5) is 5.82 Å². The maximum absolute atomic E-state index is 11.4. The Morgan fingerprint density at radius 1 is 1.68 bits per heavy atom. The zero-order valence-electron chi connectivity index (χ0n) is 10.4. The van der Waals surface area contributed by atoms with E-state index >= 15 is 0 Å². The SMILES string of the molecule is CC(O)(CO)CNC(=O)CCn1cnc([N+](=O)[O-])c1. The number of carbonyl (C=O) groups excluding carboxylic acids is 1. The van der Waals surface area contributed by atoms with Crippen molar-refractivity contribution in [2.24, 2.45) is 0 Å². The van der Waals surface area contributed by atoms with Crippen LogP contribution < -0.4 is 5.32 Å². The molecule has 9 heteroatoms. The molecule has 0 saturated heterocycles. The first-order valence-corrected chi connectivity index (χ1v) is 5.60. The summed E-state index contributed by atoms with van der Waals surface area (Å²) in [5.74, 6) is -0.603. The van der Waals surface area contributed by atoms with Gasteiger partial charge in [-0.1, -0.05) is 0 Å². The summed E-state index contributed by atoms with van der Waals surface area (Å²) in [5, 5.41) is 31.1. The van der Waals surface area contributed by atoms with Gasteiger partial charge in [0.2, 0.25) is 12.2 Å². The Labute approximate surface area is 109 Å². The molecule has 1 rings (SSSR count). The summed E-state index contributed by atoms with van der Waals surface area (Å²) < 4.78 is 1.43. The van der Waals surface area contributed by atoms with Gasteiger partial charge in [0.1, 0.15) is 11.8 Å². The Kier molecular flexibility index (Phi) is 4.95. The minimum atomic E-state index is -1.36. The molecule has 9 nitrogen and oxygen atoms in total. The predicted molar refractivity (Wildman–Crippen MR) is 64.2 cm³/mol. The Hall–Kier alpha value is -2.00. The maximum Gasteiger partial charge on any atom is 0.381 e. The zero-order chi connectivity index (χ0) is 14.5. The quantitative estimate of drug-likeness (QED) is 0.433. The molecule has 1 aromatic heterocycles. The number of aryl methyl sites for hydroxylation is 1. The monoisotopic (exact) mass is 272 g/mol. The van der Waals surface area contributed by atoms with E-state index < -0.39 is 17.1 Å². The van der Waals surface area contributed by atoms with Crippen molar-refractivity contribution < 1.29 is 19.9 Å². The molecule has 0 aromatic carbocycles. The average Bonchev–Trinajstić information content (AvgIpc) is 2.83. The highest BCUT2D eigenvalue weighted by Crippen LogP contribution is 2.06. The summed E-state index contributed by atoms with van der Waals surface area (Å²) in [4.78, 5) is 24.8. The lowest BCUT2D eigenvalue weighted by molar-refractivity contribution is -0.389. The van der Waals surface area contributed by atoms with Crippen LogP contribution in [0.1, 0.15) is 13.3 Å². The first-order valence-electron chi connectivity index (χ1n) is 5.60. The van der Waals surface area contributed by atoms with Crippen molar-refractivity contribution in [1.29, 1.82) is 0 Å². The fourth-order valence-corrected chi connectivity index (χ4v) is 1.23. The Balaban J connectivity index is 2.35. The van der Waals surface area contributed by atoms with Crippen LogP contribution in [0.3, 0.4) is 0 Å². The zero-order valence-corrected chi connectivity index (χ0v) is 10.4. The third kappa shape index (κ3) is 5.02. The molecule has 106 valence electrons. The average molecular weight is 272 g/mol. The predicted octanol–water partition coefficient (Wildman–Crippen LogP) is -0.959. The van der Waals surface area contributed by atoms with Crippen LogP contribution in [0.2, 0.25) is 0 Å². The van der Waals surface area contributed by atoms with Gasteiger partial charge >= 0.3 is 5.82 Å². The van der Waals surface area contributed by atoms with Crippen molar-refractivity contribution in [2.75, 3.05) is 13.2 Å². The second-order valence-corrected chi connectivity index (χ2v) is 4.41. The van der Waals surface area contributed by atoms with E-state index in [-0.39, 0.29) is 31.2 Å². The van der Waals surface area contributed by atoms with Crippen LogP contribution >= 0.6 is 0 Å². The largest absolute Gasteiger partial charge is 0.393 e. The summed E-state index contributed by atoms with van der Waals surface area (Å²) in [6, 6.07) is 0. The first kappa shape index (κ1) is 15.1. The van der Waals surface area contributed by atoms with E-state index in [9.17, 15) is 20.0 Å². The van der Waals surface area contributed by atoms with Gasteiger partial charge in [0, 0.05) is 19.5 Å². The fraction of sp³-hybridized carbons (Fsp3) is 0.600. The van der Waals surface area contributed by atoms with Gasteiger partial charge < -0.3 is 30.2 Å². The number of nitro groups is 1. The summed E-state index contributed by atoms with van der Waals surface area (Å²) in [6.07, 6.45) is 2.60. The fourth-order valence-electron chi connectivity index (χ4n) is 1.23. The number of aromatic nitrogens is 2. The number of nitrogens with one attached hydrogen (secondary N) is 1. The second-order valence-electron chi connectivity index (χ2n) is 4.41. The van der Waals surface area contributed by atoms with Crippen LogP contribution in [-0.4, -0.2) is 49.3 Å². The number of imidazole rings is 1. The van der Waals surface area contributed by atoms with Gasteiger partial charge in [-0.3, -0.25) is 4.79 Å². The van der Waals surface area contributed by atoms with Crippen molar-refractivity contribution in [1.82, 2.24) is 14.9 Å². The highest BCUT2D eigenvalue weighted by atomic mass is 16.6. The molecule has 1 unspecified atom stereocenters. The van der Waals surface area contributed by atoms with E-state index in [1.165, 1.54) is 24.0 Å². The first-order chi connectivity index (χ1) is 8.84. The molecule has 0 radical (unpaired) electrons. The van der Waals surface area contributed by atoms with Gasteiger partial charge in [0.05, 0.1) is 6.61 Å². The molecule has 0 fully saturated rings. The molecule has 19 heavy (non-hydrogen) atoms. The van der Waals surface area contributed by atoms with E-state index in [0.29, 0.717) is 0 Å². The number of aliphatic hydroxyl groups is 2. The number of rotatable bonds is 7. The molecule has 1 amide bonds. The third-order valence-corrected chi connectivity index (χ3v) is 2.41. The molecular weight excluding hydrogens is 256 g/mol. The van der Waals surface area contributed by atoms with Crippen LogP contribution in [0.5, 0.6) is 0 Å². The Morgan fingerprint density at radius 2 is 2.37 bits per heavy atom. The molecule has 0 aliphatic rings. The molecule has 1 aromatic rings. The number of hydrogen-bond donors (Lipinski definition) is 3. The summed E-state index contributed by atoms with van der Waals surface area (Å²) in [7, 11) is 0. The molecule has 3 N–H and O–H groups in total. The molecule has 1 heterocycles. The molecule has 0 bridgehead atoms. The van der Waals surface area contributed by atoms with Gasteiger partial charge in [-0.05, 0) is 16.8 Å². The Morgan fingerprint density at radius 3 is 2.89 bits per heavy atom. The molecule has 0 spiro atoms. The van der Waals surface area contributed by atoms with Crippen LogP contribution in [0, 0.1) is 10.1 Å². The van der Waals surface area contributed by atoms with E-state index in [4.69, 9.17) is 5.11 Å². The standard InChI is InChI=1S/C10H16N4O5/c1-10(17,6-15)5-11-9(16)2-3-13-4-8(12-7-13)14(18)19/h4,7,15,17H,2-3,5-6H2,1H3,(H,11,16). The number of aliphatic hydroxyl groups excluding tert-OH is 1. The maximum atomic E-state index is 11.4. The lowest BCUT2D eigenvalue weighted by Gasteiger charge is -2.20. The lowest BCUT2D eigenvalue weighted by Crippen LogP contribution is -2.43. The minimum Gasteiger partial charge on any atom is -0.393 e. The van der Waals surface area contributed by atoms with E-state index in [0.717, 1.165) is 0 Å². The highest BCUT2D eigenvalue weighted by Gasteiger charge is 2.19. The van der Waals surface area contributed by atoms with Gasteiger partial charge in [0.25, 0.3) is 0 Å². The second kappa shape index (κ2) is 6.25. The van der Waals surface area contributed by atoms with Crippen molar-refractivity contribution in [3.05, 3.63) is 22.6 Å². The normalized spacial score (nSPS) is 13.8. The summed E-state index contributed by atoms with van der Waals surface area (Å²) in [5.41, 5.74) is -1.36. The van der Waals surface area contributed by atoms with Crippen LogP contribution in [0.15, 0.2) is 12.5 Å². The van der Waals surface area contributed by atoms with Crippen molar-refractivity contribution in [3.8, 4) is 0 Å². The Bertz CT molecular complexity index is 457. The van der Waals surface area contributed by atoms with Gasteiger partial charge in [-0.25, -0.2) is 0 Å². The van der Waals surface area contributed by atoms with Gasteiger partial charge in [0.15, 0.2) is 0 Å². The van der Waals surface area contributed by atoms with Crippen LogP contribution in [0.25, 0.3) is 0 Å². The summed E-state index contributed by atoms with van der Waals surface area (Å²) >= 11 is 0. The van der Waals surface area contributed by atoms with Gasteiger partial charge in [-0.15, -0.1) is 0 Å². The molecule has 0 aliphatic heterocycles. The minimum absolute atomic E-state index is 0.0631. The van der Waals surface area contributed by atoms with Crippen molar-refractivity contribution in [2.45, 2.75) is 25.5 Å². The number of amides is 1. The highest BCUT2D eigenvalue weighted by molar-refractivity contribution is 5.75. The molecule has 0 aliphatic carbocycles. The third-order valence-electron chi connectivity index (χ3n) is 2.41. The van der Waals surface area contributed by atoms with E-state index in [1.807, 2.05) is 0 Å². The number of nitrogens with zero attached hydrogens (tertiary/aromatic N) is 3. The number of hydrogen-bond acceptors (Lipinski definition) is 6. The number of carbonyl (C=O) groups is 1. The van der Waals surface area contributed by atoms with Gasteiger partial charge in [-0.2, -0.15) is 0 Å². The van der Waals surface area contributed by atoms with E-state index in [1.54, 1.807) is 0 Å². The topological polar surface area (TPSA) is 131 Å². The molecule has 0 saturated carbocycles. The van der Waals surface area contributed by atoms with Crippen molar-refractivity contribution in [3.63, 3.8) is 0 Å². The van der Waals surface area contributed by atoms with Crippen molar-refractivity contribution >= 4 is 11.7 Å². The lowest BCUT2D eigenvalue weighted by atomic mass is 10.1. The van der Waals surface area contributed by atoms with Crippen LogP contribution in [-0.2, 0) is 11.3 Å². The molecular formula is C10H16N4O5. The summed E-state index contributed by atoms with van der Waals surface area (Å²) in [6.45, 7) is 1.12. The smallest absolute Gasteiger partial charge is 0.381 e.